The third kappa shape index (κ3) is 5.77. The Morgan fingerprint density at radius 1 is 1.16 bits per heavy atom. The Balaban J connectivity index is 1.25. The first-order valence-corrected chi connectivity index (χ1v) is 11.2. The highest BCUT2D eigenvalue weighted by molar-refractivity contribution is 8.01. The number of nitrogens with one attached hydrogen (secondary N) is 2. The molecule has 0 radical (unpaired) electrons. The van der Waals surface area contributed by atoms with Crippen molar-refractivity contribution in [1.82, 2.24) is 10.2 Å². The number of fused-ring (bicyclic) bond motifs is 1. The molecule has 4 rings (SSSR count). The van der Waals surface area contributed by atoms with Gasteiger partial charge in [0, 0.05) is 17.8 Å². The van der Waals surface area contributed by atoms with E-state index >= 15 is 0 Å². The van der Waals surface area contributed by atoms with E-state index in [0.717, 1.165) is 5.56 Å². The topological polar surface area (TPSA) is 112 Å². The molecular formula is C21H18N4O5S2. The van der Waals surface area contributed by atoms with Gasteiger partial charge < -0.3 is 19.5 Å². The molecule has 2 heterocycles. The molecule has 0 saturated carbocycles. The molecule has 0 saturated heterocycles. The number of anilines is 2. The van der Waals surface area contributed by atoms with E-state index in [1.807, 2.05) is 6.07 Å². The SMILES string of the molecule is COc1cccc(NC(=O)CSc2nnc(NC(=O)/C=C/c3ccc4c(c3)OCO4)s2)c1. The molecule has 0 spiro atoms. The summed E-state index contributed by atoms with van der Waals surface area (Å²) in [6.07, 6.45) is 3.06. The van der Waals surface area contributed by atoms with Crippen LogP contribution in [-0.4, -0.2) is 41.7 Å². The fourth-order valence-electron chi connectivity index (χ4n) is 2.68. The van der Waals surface area contributed by atoms with E-state index in [2.05, 4.69) is 20.8 Å². The van der Waals surface area contributed by atoms with Crippen LogP contribution >= 0.6 is 23.1 Å². The summed E-state index contributed by atoms with van der Waals surface area (Å²) in [5.41, 5.74) is 1.45. The second-order valence-corrected chi connectivity index (χ2v) is 8.58. The molecule has 2 N–H and O–H groups in total. The van der Waals surface area contributed by atoms with Gasteiger partial charge in [-0.15, -0.1) is 10.2 Å². The molecule has 11 heteroatoms. The van der Waals surface area contributed by atoms with E-state index < -0.39 is 0 Å². The maximum absolute atomic E-state index is 12.2. The molecule has 1 aromatic heterocycles. The molecule has 2 amide bonds. The van der Waals surface area contributed by atoms with Crippen molar-refractivity contribution >= 4 is 51.8 Å². The van der Waals surface area contributed by atoms with Gasteiger partial charge in [0.15, 0.2) is 15.8 Å². The van der Waals surface area contributed by atoms with Gasteiger partial charge in [0.2, 0.25) is 23.7 Å². The van der Waals surface area contributed by atoms with Gasteiger partial charge in [0.25, 0.3) is 0 Å². The summed E-state index contributed by atoms with van der Waals surface area (Å²) < 4.78 is 16.3. The van der Waals surface area contributed by atoms with Crippen LogP contribution in [0.25, 0.3) is 6.08 Å². The molecule has 9 nitrogen and oxygen atoms in total. The fraction of sp³-hybridized carbons (Fsp3) is 0.143. The zero-order chi connectivity index (χ0) is 22.3. The van der Waals surface area contributed by atoms with Gasteiger partial charge in [0.05, 0.1) is 12.9 Å². The van der Waals surface area contributed by atoms with Crippen LogP contribution in [0, 0.1) is 0 Å². The van der Waals surface area contributed by atoms with E-state index in [0.29, 0.717) is 32.4 Å². The quantitative estimate of drug-likeness (QED) is 0.291. The van der Waals surface area contributed by atoms with Gasteiger partial charge in [0.1, 0.15) is 5.75 Å². The highest BCUT2D eigenvalue weighted by atomic mass is 32.2. The van der Waals surface area contributed by atoms with E-state index in [1.54, 1.807) is 49.6 Å². The Morgan fingerprint density at radius 2 is 2.03 bits per heavy atom. The number of methoxy groups -OCH3 is 1. The number of benzene rings is 2. The van der Waals surface area contributed by atoms with Gasteiger partial charge in [-0.3, -0.25) is 14.9 Å². The maximum atomic E-state index is 12.2. The van der Waals surface area contributed by atoms with Gasteiger partial charge in [-0.1, -0.05) is 35.2 Å². The predicted octanol–water partition coefficient (Wildman–Crippen LogP) is 3.66. The lowest BCUT2D eigenvalue weighted by Crippen LogP contribution is -2.13. The van der Waals surface area contributed by atoms with Crippen LogP contribution in [0.1, 0.15) is 5.56 Å². The number of nitrogens with zero attached hydrogens (tertiary/aromatic N) is 2. The first-order valence-electron chi connectivity index (χ1n) is 9.38. The summed E-state index contributed by atoms with van der Waals surface area (Å²) in [5.74, 6) is 1.62. The minimum atomic E-state index is -0.342. The summed E-state index contributed by atoms with van der Waals surface area (Å²) in [5, 5.41) is 13.7. The summed E-state index contributed by atoms with van der Waals surface area (Å²) in [6.45, 7) is 0.197. The van der Waals surface area contributed by atoms with Crippen LogP contribution in [0.4, 0.5) is 10.8 Å². The van der Waals surface area contributed by atoms with Crippen molar-refractivity contribution < 1.29 is 23.8 Å². The van der Waals surface area contributed by atoms with E-state index in [9.17, 15) is 9.59 Å². The fourth-order valence-corrected chi connectivity index (χ4v) is 4.23. The first kappa shape index (κ1) is 21.7. The third-order valence-corrected chi connectivity index (χ3v) is 6.11. The molecule has 3 aromatic rings. The van der Waals surface area contributed by atoms with Gasteiger partial charge >= 0.3 is 0 Å². The Hall–Kier alpha value is -3.57. The number of aromatic nitrogens is 2. The predicted molar refractivity (Wildman–Crippen MR) is 122 cm³/mol. The smallest absolute Gasteiger partial charge is 0.250 e. The van der Waals surface area contributed by atoms with Crippen molar-refractivity contribution in [2.45, 2.75) is 4.34 Å². The Bertz CT molecular complexity index is 1160. The summed E-state index contributed by atoms with van der Waals surface area (Å²) in [6, 6.07) is 12.5. The van der Waals surface area contributed by atoms with E-state index in [4.69, 9.17) is 14.2 Å². The normalized spacial score (nSPS) is 12.0. The second kappa shape index (κ2) is 10.2. The van der Waals surface area contributed by atoms with Crippen molar-refractivity contribution in [2.75, 3.05) is 30.3 Å². The molecule has 164 valence electrons. The summed E-state index contributed by atoms with van der Waals surface area (Å²) in [4.78, 5) is 24.3. The summed E-state index contributed by atoms with van der Waals surface area (Å²) in [7, 11) is 1.57. The Morgan fingerprint density at radius 3 is 2.91 bits per heavy atom. The Kier molecular flexibility index (Phi) is 6.87. The molecule has 0 aliphatic carbocycles. The van der Waals surface area contributed by atoms with Gasteiger partial charge in [-0.2, -0.15) is 0 Å². The lowest BCUT2D eigenvalue weighted by atomic mass is 10.2. The molecule has 1 aliphatic rings. The monoisotopic (exact) mass is 470 g/mol. The molecule has 32 heavy (non-hydrogen) atoms. The molecule has 0 atom stereocenters. The van der Waals surface area contributed by atoms with Crippen LogP contribution < -0.4 is 24.8 Å². The van der Waals surface area contributed by atoms with Crippen LogP contribution in [0.2, 0.25) is 0 Å². The molecule has 1 aliphatic heterocycles. The molecule has 0 fully saturated rings. The van der Waals surface area contributed by atoms with Crippen LogP contribution in [-0.2, 0) is 9.59 Å². The van der Waals surface area contributed by atoms with Crippen molar-refractivity contribution in [1.29, 1.82) is 0 Å². The number of amides is 2. The largest absolute Gasteiger partial charge is 0.497 e. The van der Waals surface area contributed by atoms with E-state index in [1.165, 1.54) is 29.2 Å². The zero-order valence-electron chi connectivity index (χ0n) is 16.9. The number of carbonyl (C=O) groups excluding carboxylic acids is 2. The first-order chi connectivity index (χ1) is 15.6. The molecule has 0 bridgehead atoms. The van der Waals surface area contributed by atoms with E-state index in [-0.39, 0.29) is 24.4 Å². The minimum Gasteiger partial charge on any atom is -0.497 e. The van der Waals surface area contributed by atoms with Crippen LogP contribution in [0.3, 0.4) is 0 Å². The van der Waals surface area contributed by atoms with Crippen molar-refractivity contribution in [2.24, 2.45) is 0 Å². The van der Waals surface area contributed by atoms with Crippen molar-refractivity contribution in [3.05, 3.63) is 54.1 Å². The van der Waals surface area contributed by atoms with Gasteiger partial charge in [-0.05, 0) is 35.9 Å². The van der Waals surface area contributed by atoms with Crippen LogP contribution in [0.5, 0.6) is 17.2 Å². The summed E-state index contributed by atoms with van der Waals surface area (Å²) >= 11 is 2.43. The number of hydrogen-bond acceptors (Lipinski definition) is 9. The lowest BCUT2D eigenvalue weighted by molar-refractivity contribution is -0.114. The highest BCUT2D eigenvalue weighted by Crippen LogP contribution is 2.32. The number of rotatable bonds is 8. The van der Waals surface area contributed by atoms with Crippen molar-refractivity contribution in [3.8, 4) is 17.2 Å². The Labute approximate surface area is 191 Å². The van der Waals surface area contributed by atoms with Crippen LogP contribution in [0.15, 0.2) is 52.9 Å². The average Bonchev–Trinajstić information content (AvgIpc) is 3.45. The zero-order valence-corrected chi connectivity index (χ0v) is 18.5. The maximum Gasteiger partial charge on any atom is 0.250 e. The molecule has 2 aromatic carbocycles. The number of hydrogen-bond donors (Lipinski definition) is 2. The number of carbonyl (C=O) groups is 2. The molecular weight excluding hydrogens is 452 g/mol. The minimum absolute atomic E-state index is 0.157. The van der Waals surface area contributed by atoms with Gasteiger partial charge in [-0.25, -0.2) is 0 Å². The third-order valence-electron chi connectivity index (χ3n) is 4.14. The number of thioether (sulfide) groups is 1. The second-order valence-electron chi connectivity index (χ2n) is 6.38. The average molecular weight is 471 g/mol. The lowest BCUT2D eigenvalue weighted by Gasteiger charge is -2.06. The standard InChI is InChI=1S/C21H18N4O5S2/c1-28-15-4-2-3-14(10-15)22-19(27)11-31-21-25-24-20(32-21)23-18(26)8-6-13-5-7-16-17(9-13)30-12-29-16/h2-10H,11-12H2,1H3,(H,22,27)(H,23,24,26)/b8-6+. The highest BCUT2D eigenvalue weighted by Gasteiger charge is 2.13. The number of ether oxygens (including phenoxy) is 3. The molecule has 0 unspecified atom stereocenters. The van der Waals surface area contributed by atoms with Crippen molar-refractivity contribution in [3.63, 3.8) is 0 Å².